The Labute approximate surface area is 149 Å². The lowest BCUT2D eigenvalue weighted by atomic mass is 10.1. The van der Waals surface area contributed by atoms with Gasteiger partial charge in [-0.15, -0.1) is 0 Å². The Hall–Kier alpha value is -3.48. The van der Waals surface area contributed by atoms with Crippen LogP contribution in [0.1, 0.15) is 12.0 Å². The van der Waals surface area contributed by atoms with Crippen molar-refractivity contribution in [2.75, 3.05) is 0 Å². The molecule has 2 heterocycles. The number of imidazole rings is 1. The first-order chi connectivity index (χ1) is 12.8. The van der Waals surface area contributed by atoms with Crippen LogP contribution in [0.15, 0.2) is 65.8 Å². The number of carbonyl (C=O) groups is 1. The van der Waals surface area contributed by atoms with E-state index in [9.17, 15) is 4.79 Å². The summed E-state index contributed by atoms with van der Waals surface area (Å²) in [6.07, 6.45) is 3.48. The van der Waals surface area contributed by atoms with E-state index in [4.69, 9.17) is 4.52 Å². The topological polar surface area (TPSA) is 85.8 Å². The number of fused-ring (bicyclic) bond motifs is 1. The van der Waals surface area contributed by atoms with Crippen LogP contribution in [-0.2, 0) is 17.9 Å². The SMILES string of the molecule is O=C(CCn1cnc2ccccc21)NCc1ccc(-c2ncon2)cc1. The zero-order chi connectivity index (χ0) is 17.8. The summed E-state index contributed by atoms with van der Waals surface area (Å²) in [5, 5.41) is 6.74. The lowest BCUT2D eigenvalue weighted by Crippen LogP contribution is -2.23. The Kier molecular flexibility index (Phi) is 4.42. The minimum Gasteiger partial charge on any atom is -0.352 e. The average molecular weight is 347 g/mol. The Balaban J connectivity index is 1.30. The number of rotatable bonds is 6. The summed E-state index contributed by atoms with van der Waals surface area (Å²) in [5.74, 6) is 0.554. The molecular weight excluding hydrogens is 330 g/mol. The maximum atomic E-state index is 12.1. The van der Waals surface area contributed by atoms with Crippen molar-refractivity contribution in [3.05, 3.63) is 66.8 Å². The third-order valence-electron chi connectivity index (χ3n) is 4.17. The van der Waals surface area contributed by atoms with Gasteiger partial charge in [-0.25, -0.2) is 4.98 Å². The molecular formula is C19H17N5O2. The van der Waals surface area contributed by atoms with Gasteiger partial charge in [0.2, 0.25) is 18.1 Å². The highest BCUT2D eigenvalue weighted by molar-refractivity contribution is 5.77. The van der Waals surface area contributed by atoms with E-state index in [0.29, 0.717) is 25.3 Å². The van der Waals surface area contributed by atoms with E-state index in [0.717, 1.165) is 22.2 Å². The molecule has 130 valence electrons. The maximum Gasteiger partial charge on any atom is 0.222 e. The van der Waals surface area contributed by atoms with Crippen LogP contribution in [0.2, 0.25) is 0 Å². The fourth-order valence-electron chi connectivity index (χ4n) is 2.77. The highest BCUT2D eigenvalue weighted by atomic mass is 16.5. The van der Waals surface area contributed by atoms with Gasteiger partial charge in [0.25, 0.3) is 0 Å². The van der Waals surface area contributed by atoms with Crippen LogP contribution in [0, 0.1) is 0 Å². The molecule has 4 rings (SSSR count). The molecule has 4 aromatic rings. The number of aryl methyl sites for hydroxylation is 1. The summed E-state index contributed by atoms with van der Waals surface area (Å²) in [4.78, 5) is 20.5. The van der Waals surface area contributed by atoms with E-state index in [1.165, 1.54) is 6.39 Å². The predicted molar refractivity (Wildman–Crippen MR) is 95.9 cm³/mol. The molecule has 1 amide bonds. The van der Waals surface area contributed by atoms with Gasteiger partial charge < -0.3 is 14.4 Å². The predicted octanol–water partition coefficient (Wildman–Crippen LogP) is 2.79. The highest BCUT2D eigenvalue weighted by Gasteiger charge is 2.06. The second-order valence-electron chi connectivity index (χ2n) is 5.91. The van der Waals surface area contributed by atoms with E-state index in [2.05, 4.69) is 20.4 Å². The Morgan fingerprint density at radius 3 is 2.73 bits per heavy atom. The van der Waals surface area contributed by atoms with Crippen molar-refractivity contribution in [1.82, 2.24) is 25.0 Å². The minimum atomic E-state index is 0.00465. The molecule has 0 aliphatic heterocycles. The Morgan fingerprint density at radius 2 is 1.92 bits per heavy atom. The summed E-state index contributed by atoms with van der Waals surface area (Å²) in [6, 6.07) is 15.6. The fraction of sp³-hybridized carbons (Fsp3) is 0.158. The monoisotopic (exact) mass is 347 g/mol. The van der Waals surface area contributed by atoms with E-state index in [1.807, 2.05) is 53.1 Å². The summed E-state index contributed by atoms with van der Waals surface area (Å²) < 4.78 is 6.73. The molecule has 0 unspecified atom stereocenters. The van der Waals surface area contributed by atoms with E-state index >= 15 is 0 Å². The number of hydrogen-bond acceptors (Lipinski definition) is 5. The number of amides is 1. The molecule has 0 spiro atoms. The Morgan fingerprint density at radius 1 is 1.08 bits per heavy atom. The molecule has 0 saturated carbocycles. The molecule has 0 saturated heterocycles. The van der Waals surface area contributed by atoms with Gasteiger partial charge in [0.1, 0.15) is 0 Å². The van der Waals surface area contributed by atoms with Crippen LogP contribution in [0.25, 0.3) is 22.4 Å². The number of benzene rings is 2. The van der Waals surface area contributed by atoms with Gasteiger partial charge in [-0.3, -0.25) is 4.79 Å². The summed E-state index contributed by atoms with van der Waals surface area (Å²) >= 11 is 0. The summed E-state index contributed by atoms with van der Waals surface area (Å²) in [7, 11) is 0. The van der Waals surface area contributed by atoms with Crippen molar-refractivity contribution < 1.29 is 9.32 Å². The number of nitrogens with zero attached hydrogens (tertiary/aromatic N) is 4. The Bertz CT molecular complexity index is 1010. The molecule has 2 aromatic heterocycles. The molecule has 7 nitrogen and oxygen atoms in total. The standard InChI is InChI=1S/C19H17N5O2/c25-18(9-10-24-12-21-16-3-1-2-4-17(16)24)20-11-14-5-7-15(8-6-14)19-22-13-26-23-19/h1-8,12-13H,9-11H2,(H,20,25). The van der Waals surface area contributed by atoms with Crippen LogP contribution in [0.5, 0.6) is 0 Å². The zero-order valence-electron chi connectivity index (χ0n) is 14.0. The molecule has 2 aromatic carbocycles. The van der Waals surface area contributed by atoms with Crippen molar-refractivity contribution in [2.24, 2.45) is 0 Å². The van der Waals surface area contributed by atoms with Gasteiger partial charge in [0.05, 0.1) is 17.4 Å². The molecule has 0 aliphatic carbocycles. The van der Waals surface area contributed by atoms with E-state index in [1.54, 1.807) is 6.33 Å². The van der Waals surface area contributed by atoms with Gasteiger partial charge in [-0.1, -0.05) is 41.6 Å². The zero-order valence-corrected chi connectivity index (χ0v) is 14.0. The fourth-order valence-corrected chi connectivity index (χ4v) is 2.77. The number of para-hydroxylation sites is 2. The van der Waals surface area contributed by atoms with Crippen LogP contribution >= 0.6 is 0 Å². The van der Waals surface area contributed by atoms with Crippen LogP contribution in [0.3, 0.4) is 0 Å². The third-order valence-corrected chi connectivity index (χ3v) is 4.17. The van der Waals surface area contributed by atoms with Gasteiger partial charge in [0, 0.05) is 25.1 Å². The largest absolute Gasteiger partial charge is 0.352 e. The number of nitrogens with one attached hydrogen (secondary N) is 1. The van der Waals surface area contributed by atoms with Crippen molar-refractivity contribution in [2.45, 2.75) is 19.5 Å². The van der Waals surface area contributed by atoms with Crippen molar-refractivity contribution in [1.29, 1.82) is 0 Å². The van der Waals surface area contributed by atoms with E-state index in [-0.39, 0.29) is 5.91 Å². The molecule has 0 bridgehead atoms. The second kappa shape index (κ2) is 7.18. The molecule has 26 heavy (non-hydrogen) atoms. The normalized spacial score (nSPS) is 10.9. The van der Waals surface area contributed by atoms with Crippen molar-refractivity contribution >= 4 is 16.9 Å². The highest BCUT2D eigenvalue weighted by Crippen LogP contribution is 2.15. The molecule has 0 aliphatic rings. The van der Waals surface area contributed by atoms with Crippen molar-refractivity contribution in [3.8, 4) is 11.4 Å². The first-order valence-electron chi connectivity index (χ1n) is 8.32. The molecule has 7 heteroatoms. The lowest BCUT2D eigenvalue weighted by molar-refractivity contribution is -0.121. The van der Waals surface area contributed by atoms with Gasteiger partial charge in [-0.2, -0.15) is 4.98 Å². The van der Waals surface area contributed by atoms with E-state index < -0.39 is 0 Å². The molecule has 0 atom stereocenters. The maximum absolute atomic E-state index is 12.1. The van der Waals surface area contributed by atoms with Gasteiger partial charge >= 0.3 is 0 Å². The smallest absolute Gasteiger partial charge is 0.222 e. The summed E-state index contributed by atoms with van der Waals surface area (Å²) in [5.41, 5.74) is 3.87. The quantitative estimate of drug-likeness (QED) is 0.580. The van der Waals surface area contributed by atoms with Gasteiger partial charge in [-0.05, 0) is 17.7 Å². The van der Waals surface area contributed by atoms with Crippen molar-refractivity contribution in [3.63, 3.8) is 0 Å². The molecule has 0 fully saturated rings. The average Bonchev–Trinajstić information content (AvgIpc) is 3.35. The van der Waals surface area contributed by atoms with Gasteiger partial charge in [0.15, 0.2) is 0 Å². The first-order valence-corrected chi connectivity index (χ1v) is 8.32. The second-order valence-corrected chi connectivity index (χ2v) is 5.91. The number of aromatic nitrogens is 4. The van der Waals surface area contributed by atoms with Crippen LogP contribution in [-0.4, -0.2) is 25.6 Å². The number of hydrogen-bond donors (Lipinski definition) is 1. The van der Waals surface area contributed by atoms with Crippen LogP contribution in [0.4, 0.5) is 0 Å². The summed E-state index contributed by atoms with van der Waals surface area (Å²) in [6.45, 7) is 1.08. The first kappa shape index (κ1) is 16.0. The lowest BCUT2D eigenvalue weighted by Gasteiger charge is -2.07. The minimum absolute atomic E-state index is 0.00465. The number of carbonyl (C=O) groups excluding carboxylic acids is 1. The molecule has 0 radical (unpaired) electrons. The van der Waals surface area contributed by atoms with Crippen LogP contribution < -0.4 is 5.32 Å². The third kappa shape index (κ3) is 3.46. The molecule has 1 N–H and O–H groups in total.